The van der Waals surface area contributed by atoms with Crippen LogP contribution in [-0.4, -0.2) is 58.8 Å². The molecular formula is C29H34FN3O. The number of alkyl halides is 1. The number of fused-ring (bicyclic) bond motifs is 2. The number of pyridine rings is 1. The van der Waals surface area contributed by atoms with E-state index in [2.05, 4.69) is 53.3 Å². The Kier molecular flexibility index (Phi) is 4.89. The van der Waals surface area contributed by atoms with Gasteiger partial charge in [-0.1, -0.05) is 30.3 Å². The maximum absolute atomic E-state index is 13.4. The van der Waals surface area contributed by atoms with Gasteiger partial charge in [-0.2, -0.15) is 0 Å². The van der Waals surface area contributed by atoms with Crippen LogP contribution in [0.2, 0.25) is 0 Å². The van der Waals surface area contributed by atoms with Crippen LogP contribution in [0.25, 0.3) is 5.57 Å². The van der Waals surface area contributed by atoms with E-state index in [0.29, 0.717) is 43.1 Å². The average Bonchev–Trinajstić information content (AvgIpc) is 3.36. The molecule has 5 heteroatoms. The quantitative estimate of drug-likeness (QED) is 0.594. The molecule has 3 saturated carbocycles. The van der Waals surface area contributed by atoms with Gasteiger partial charge < -0.3 is 4.74 Å². The van der Waals surface area contributed by atoms with Gasteiger partial charge >= 0.3 is 0 Å². The summed E-state index contributed by atoms with van der Waals surface area (Å²) in [6.45, 7) is 5.11. The van der Waals surface area contributed by atoms with Crippen molar-refractivity contribution in [3.05, 3.63) is 64.9 Å². The van der Waals surface area contributed by atoms with Gasteiger partial charge in [0.25, 0.3) is 0 Å². The molecule has 0 spiro atoms. The second kappa shape index (κ2) is 7.89. The summed E-state index contributed by atoms with van der Waals surface area (Å²) in [6, 6.07) is 14.1. The lowest BCUT2D eigenvalue weighted by molar-refractivity contribution is -0.173. The molecule has 1 unspecified atom stereocenters. The fourth-order valence-corrected chi connectivity index (χ4v) is 7.53. The van der Waals surface area contributed by atoms with Crippen LogP contribution in [0.1, 0.15) is 61.8 Å². The lowest BCUT2D eigenvalue weighted by atomic mass is 9.48. The third kappa shape index (κ3) is 3.27. The summed E-state index contributed by atoms with van der Waals surface area (Å²) < 4.78 is 19.3. The number of hydrogen-bond donors (Lipinski definition) is 0. The first-order valence-electron chi connectivity index (χ1n) is 13.1. The first-order chi connectivity index (χ1) is 16.6. The molecule has 178 valence electrons. The van der Waals surface area contributed by atoms with E-state index in [1.54, 1.807) is 11.1 Å². The number of benzene rings is 1. The van der Waals surface area contributed by atoms with E-state index in [1.165, 1.54) is 36.0 Å². The van der Waals surface area contributed by atoms with Crippen LogP contribution in [0, 0.1) is 5.92 Å². The molecule has 1 aromatic carbocycles. The summed E-state index contributed by atoms with van der Waals surface area (Å²) in [5, 5.41) is 0. The molecular weight excluding hydrogens is 425 g/mol. The van der Waals surface area contributed by atoms with E-state index in [0.717, 1.165) is 31.8 Å². The Hall–Kier alpha value is -2.24. The Morgan fingerprint density at radius 2 is 2.00 bits per heavy atom. The molecule has 4 aliphatic carbocycles. The summed E-state index contributed by atoms with van der Waals surface area (Å²) in [5.74, 6) is 1.63. The fraction of sp³-hybridized carbons (Fsp3) is 0.552. The normalized spacial score (nSPS) is 34.4. The zero-order valence-electron chi connectivity index (χ0n) is 20.0. The van der Waals surface area contributed by atoms with Gasteiger partial charge in [-0.25, -0.2) is 9.37 Å². The lowest BCUT2D eigenvalue weighted by Crippen LogP contribution is -2.71. The number of halogens is 1. The predicted molar refractivity (Wildman–Crippen MR) is 131 cm³/mol. The summed E-state index contributed by atoms with van der Waals surface area (Å²) in [4.78, 5) is 9.74. The third-order valence-electron chi connectivity index (χ3n) is 9.19. The van der Waals surface area contributed by atoms with Crippen molar-refractivity contribution in [2.45, 2.75) is 69.2 Å². The molecule has 0 radical (unpaired) electrons. The average molecular weight is 460 g/mol. The predicted octanol–water partition coefficient (Wildman–Crippen LogP) is 5.20. The zero-order valence-corrected chi connectivity index (χ0v) is 20.0. The highest BCUT2D eigenvalue weighted by molar-refractivity contribution is 5.79. The van der Waals surface area contributed by atoms with Crippen molar-refractivity contribution >= 4 is 5.57 Å². The van der Waals surface area contributed by atoms with Crippen molar-refractivity contribution in [1.29, 1.82) is 0 Å². The van der Waals surface area contributed by atoms with Crippen LogP contribution in [0.3, 0.4) is 0 Å². The van der Waals surface area contributed by atoms with Crippen molar-refractivity contribution in [3.63, 3.8) is 0 Å². The molecule has 1 saturated heterocycles. The minimum Gasteiger partial charge on any atom is -0.476 e. The molecule has 0 N–H and O–H groups in total. The summed E-state index contributed by atoms with van der Waals surface area (Å²) in [6.07, 6.45) is 8.34. The van der Waals surface area contributed by atoms with Gasteiger partial charge in [0.05, 0.1) is 6.04 Å². The molecule has 34 heavy (non-hydrogen) atoms. The standard InChI is InChI=1S/C29H34FN3O/c1-19-12-25-24-5-3-2-4-21(24)13-26(25)28(33(19)29-14-20(15-29)16-29)22-6-7-27(31-17-22)34-11-10-32-9-8-23(30)18-32/h2-7,17,19-20,23,28H,8-16,18H2,1H3/t19-,20?,23?,28-,29?/m1/s1. The van der Waals surface area contributed by atoms with Crippen LogP contribution in [0.5, 0.6) is 5.88 Å². The van der Waals surface area contributed by atoms with Gasteiger partial charge in [0.1, 0.15) is 12.8 Å². The SMILES string of the molecule is C[C@@H]1CC2=C(Cc3ccccc32)[C@@H](c2ccc(OCCN3CCC(F)C3)nc2)N1C12CC(C1)C2. The first-order valence-corrected chi connectivity index (χ1v) is 13.1. The largest absolute Gasteiger partial charge is 0.476 e. The number of likely N-dealkylation sites (tertiary alicyclic amines) is 1. The van der Waals surface area contributed by atoms with Gasteiger partial charge in [-0.3, -0.25) is 9.80 Å². The van der Waals surface area contributed by atoms with E-state index in [1.807, 2.05) is 6.07 Å². The molecule has 4 fully saturated rings. The Bertz CT molecular complexity index is 1110. The summed E-state index contributed by atoms with van der Waals surface area (Å²) in [5.41, 5.74) is 7.82. The Morgan fingerprint density at radius 1 is 1.15 bits per heavy atom. The maximum Gasteiger partial charge on any atom is 0.213 e. The summed E-state index contributed by atoms with van der Waals surface area (Å²) in [7, 11) is 0. The Labute approximate surface area is 201 Å². The monoisotopic (exact) mass is 459 g/mol. The van der Waals surface area contributed by atoms with E-state index >= 15 is 0 Å². The van der Waals surface area contributed by atoms with Crippen molar-refractivity contribution < 1.29 is 9.13 Å². The first kappa shape index (κ1) is 21.1. The molecule has 2 bridgehead atoms. The molecule has 6 aliphatic rings. The fourth-order valence-electron chi connectivity index (χ4n) is 7.53. The van der Waals surface area contributed by atoms with Gasteiger partial charge in [-0.15, -0.1) is 0 Å². The zero-order chi connectivity index (χ0) is 22.9. The maximum atomic E-state index is 13.4. The smallest absolute Gasteiger partial charge is 0.213 e. The van der Waals surface area contributed by atoms with Crippen molar-refractivity contribution in [3.8, 4) is 5.88 Å². The Balaban J connectivity index is 1.15. The highest BCUT2D eigenvalue weighted by atomic mass is 19.1. The lowest BCUT2D eigenvalue weighted by Gasteiger charge is -2.70. The molecule has 2 aliphatic heterocycles. The number of hydrogen-bond acceptors (Lipinski definition) is 4. The number of aromatic nitrogens is 1. The second-order valence-electron chi connectivity index (χ2n) is 11.4. The summed E-state index contributed by atoms with van der Waals surface area (Å²) >= 11 is 0. The van der Waals surface area contributed by atoms with Crippen LogP contribution >= 0.6 is 0 Å². The number of rotatable bonds is 6. The molecule has 4 nitrogen and oxygen atoms in total. The minimum atomic E-state index is -0.680. The Morgan fingerprint density at radius 3 is 2.71 bits per heavy atom. The van der Waals surface area contributed by atoms with Gasteiger partial charge in [0, 0.05) is 43.5 Å². The highest BCUT2D eigenvalue weighted by Gasteiger charge is 2.63. The molecule has 1 aromatic heterocycles. The van der Waals surface area contributed by atoms with Crippen LogP contribution in [0.4, 0.5) is 4.39 Å². The van der Waals surface area contributed by atoms with Crippen LogP contribution in [0.15, 0.2) is 48.2 Å². The molecule has 3 atom stereocenters. The van der Waals surface area contributed by atoms with E-state index in [-0.39, 0.29) is 0 Å². The number of ether oxygens (including phenoxy) is 1. The van der Waals surface area contributed by atoms with E-state index in [4.69, 9.17) is 9.72 Å². The van der Waals surface area contributed by atoms with Crippen molar-refractivity contribution in [2.24, 2.45) is 5.92 Å². The topological polar surface area (TPSA) is 28.6 Å². The van der Waals surface area contributed by atoms with E-state index < -0.39 is 6.17 Å². The van der Waals surface area contributed by atoms with Crippen LogP contribution < -0.4 is 4.74 Å². The minimum absolute atomic E-state index is 0.306. The molecule has 3 heterocycles. The molecule has 2 aromatic rings. The van der Waals surface area contributed by atoms with Gasteiger partial charge in [0.15, 0.2) is 0 Å². The molecule has 8 rings (SSSR count). The third-order valence-corrected chi connectivity index (χ3v) is 9.19. The van der Waals surface area contributed by atoms with E-state index in [9.17, 15) is 4.39 Å². The van der Waals surface area contributed by atoms with Crippen molar-refractivity contribution in [2.75, 3.05) is 26.2 Å². The van der Waals surface area contributed by atoms with Gasteiger partial charge in [-0.05, 0) is 79.2 Å². The number of nitrogens with zero attached hydrogens (tertiary/aromatic N) is 3. The second-order valence-corrected chi connectivity index (χ2v) is 11.4. The van der Waals surface area contributed by atoms with Crippen molar-refractivity contribution in [1.82, 2.24) is 14.8 Å². The van der Waals surface area contributed by atoms with Crippen LogP contribution in [-0.2, 0) is 6.42 Å². The molecule has 0 amide bonds. The van der Waals surface area contributed by atoms with Gasteiger partial charge in [0.2, 0.25) is 5.88 Å². The highest BCUT2D eigenvalue weighted by Crippen LogP contribution is 2.65.